The fraction of sp³-hybridized carbons (Fsp3) is 0.435. The molecule has 2 amide bonds. The predicted molar refractivity (Wildman–Crippen MR) is 118 cm³/mol. The Balaban J connectivity index is 1.78. The Kier molecular flexibility index (Phi) is 6.74. The number of amides is 2. The van der Waals surface area contributed by atoms with E-state index in [0.717, 1.165) is 6.07 Å². The molecule has 2 N–H and O–H groups in total. The van der Waals surface area contributed by atoms with Crippen LogP contribution in [0.5, 0.6) is 0 Å². The second kappa shape index (κ2) is 9.02. The number of Topliss-reactive ketones (excluding diaryl/α,β-unsaturated/α-hetero) is 1. The molecule has 9 heteroatoms. The smallest absolute Gasteiger partial charge is 0.294 e. The van der Waals surface area contributed by atoms with Gasteiger partial charge >= 0.3 is 0 Å². The number of alkyl halides is 1. The predicted octanol–water partition coefficient (Wildman–Crippen LogP) is 4.66. The Morgan fingerprint density at radius 1 is 1.19 bits per heavy atom. The first kappa shape index (κ1) is 23.9. The number of carbonyl (C=O) groups is 3. The maximum absolute atomic E-state index is 14.0. The first-order valence-corrected chi connectivity index (χ1v) is 10.8. The van der Waals surface area contributed by atoms with Gasteiger partial charge in [-0.1, -0.05) is 11.6 Å². The van der Waals surface area contributed by atoms with E-state index < -0.39 is 29.1 Å². The van der Waals surface area contributed by atoms with E-state index in [2.05, 4.69) is 10.6 Å². The quantitative estimate of drug-likeness (QED) is 0.498. The molecule has 32 heavy (non-hydrogen) atoms. The van der Waals surface area contributed by atoms with Crippen molar-refractivity contribution in [2.24, 2.45) is 7.05 Å². The zero-order chi connectivity index (χ0) is 23.8. The van der Waals surface area contributed by atoms with Crippen molar-refractivity contribution >= 4 is 34.9 Å². The van der Waals surface area contributed by atoms with Gasteiger partial charge in [-0.2, -0.15) is 0 Å². The molecule has 0 radical (unpaired) electrons. The van der Waals surface area contributed by atoms with Crippen molar-refractivity contribution in [2.75, 3.05) is 5.32 Å². The van der Waals surface area contributed by atoms with Crippen LogP contribution in [0.15, 0.2) is 18.2 Å². The molecule has 2 aromatic rings. The molecule has 1 aliphatic carbocycles. The van der Waals surface area contributed by atoms with Crippen LogP contribution >= 0.6 is 11.6 Å². The monoisotopic (exact) mass is 465 g/mol. The number of hydrogen-bond donors (Lipinski definition) is 2. The highest BCUT2D eigenvalue weighted by Gasteiger charge is 2.34. The van der Waals surface area contributed by atoms with Crippen molar-refractivity contribution in [1.82, 2.24) is 9.88 Å². The number of nitrogens with zero attached hydrogens (tertiary/aromatic N) is 1. The molecule has 1 saturated carbocycles. The number of nitrogens with one attached hydrogen (secondary N) is 2. The minimum atomic E-state index is -1.24. The first-order chi connectivity index (χ1) is 14.9. The Bertz CT molecular complexity index is 1080. The summed E-state index contributed by atoms with van der Waals surface area (Å²) < 4.78 is 28.9. The maximum Gasteiger partial charge on any atom is 0.294 e. The largest absolute Gasteiger partial charge is 0.346 e. The molecule has 1 heterocycles. The molecule has 1 aromatic heterocycles. The van der Waals surface area contributed by atoms with Crippen molar-refractivity contribution in [3.8, 4) is 0 Å². The summed E-state index contributed by atoms with van der Waals surface area (Å²) in [6.45, 7) is 4.80. The molecule has 0 unspecified atom stereocenters. The highest BCUT2D eigenvalue weighted by atomic mass is 35.5. The van der Waals surface area contributed by atoms with Gasteiger partial charge in [0.15, 0.2) is 0 Å². The van der Waals surface area contributed by atoms with Gasteiger partial charge in [-0.3, -0.25) is 14.4 Å². The van der Waals surface area contributed by atoms with Crippen LogP contribution in [0.25, 0.3) is 0 Å². The van der Waals surface area contributed by atoms with Crippen molar-refractivity contribution in [3.05, 3.63) is 51.6 Å². The van der Waals surface area contributed by atoms with E-state index in [1.54, 1.807) is 27.8 Å². The van der Waals surface area contributed by atoms with Gasteiger partial charge in [-0.15, -0.1) is 0 Å². The fourth-order valence-corrected chi connectivity index (χ4v) is 4.30. The molecule has 3 rings (SSSR count). The fourth-order valence-electron chi connectivity index (χ4n) is 4.12. The summed E-state index contributed by atoms with van der Waals surface area (Å²) in [6.07, 6.45) is 1.58. The molecule has 172 valence electrons. The van der Waals surface area contributed by atoms with E-state index in [-0.39, 0.29) is 22.3 Å². The summed E-state index contributed by atoms with van der Waals surface area (Å²) in [5.41, 5.74) is 0.259. The number of benzene rings is 1. The van der Waals surface area contributed by atoms with Crippen LogP contribution in [-0.4, -0.2) is 33.9 Å². The second-order valence-corrected chi connectivity index (χ2v) is 8.97. The Hall–Kier alpha value is -2.74. The van der Waals surface area contributed by atoms with Crippen LogP contribution in [-0.2, 0) is 11.8 Å². The number of rotatable bonds is 5. The Labute approximate surface area is 190 Å². The number of anilines is 1. The van der Waals surface area contributed by atoms with Crippen molar-refractivity contribution in [1.29, 1.82) is 0 Å². The van der Waals surface area contributed by atoms with Crippen molar-refractivity contribution in [2.45, 2.75) is 58.2 Å². The third kappa shape index (κ3) is 4.85. The molecule has 0 atom stereocenters. The van der Waals surface area contributed by atoms with Gasteiger partial charge in [-0.05, 0) is 70.2 Å². The third-order valence-electron chi connectivity index (χ3n) is 6.12. The number of ketones is 1. The van der Waals surface area contributed by atoms with Crippen LogP contribution in [0, 0.1) is 19.7 Å². The molecule has 1 aliphatic rings. The van der Waals surface area contributed by atoms with Crippen LogP contribution in [0.2, 0.25) is 5.02 Å². The standard InChI is InChI=1S/C23H26ClF2N3O3/c1-12-18(21(31)28-15-5-6-17(25)16(24)11-15)13(2)29(4)19(12)20(30)22(32)27-14-7-9-23(3,26)10-8-14/h5-6,11,14H,7-10H2,1-4H3,(H,27,32)(H,28,31). The highest BCUT2D eigenvalue weighted by molar-refractivity contribution is 6.43. The number of halogens is 3. The molecule has 0 bridgehead atoms. The van der Waals surface area contributed by atoms with Crippen LogP contribution in [0.3, 0.4) is 0 Å². The lowest BCUT2D eigenvalue weighted by atomic mass is 9.85. The van der Waals surface area contributed by atoms with E-state index in [4.69, 9.17) is 11.6 Å². The molecular weight excluding hydrogens is 440 g/mol. The van der Waals surface area contributed by atoms with Crippen LogP contribution in [0.1, 0.15) is 64.7 Å². The summed E-state index contributed by atoms with van der Waals surface area (Å²) in [5, 5.41) is 5.21. The minimum Gasteiger partial charge on any atom is -0.346 e. The van der Waals surface area contributed by atoms with Gasteiger partial charge in [0, 0.05) is 24.5 Å². The van der Waals surface area contributed by atoms with Gasteiger partial charge in [0.2, 0.25) is 0 Å². The molecule has 1 fully saturated rings. The van der Waals surface area contributed by atoms with E-state index in [0.29, 0.717) is 42.6 Å². The molecule has 1 aromatic carbocycles. The zero-order valence-corrected chi connectivity index (χ0v) is 19.2. The topological polar surface area (TPSA) is 80.2 Å². The van der Waals surface area contributed by atoms with Gasteiger partial charge < -0.3 is 15.2 Å². The van der Waals surface area contributed by atoms with Crippen molar-refractivity contribution in [3.63, 3.8) is 0 Å². The van der Waals surface area contributed by atoms with Gasteiger partial charge in [0.05, 0.1) is 16.3 Å². The molecular formula is C23H26ClF2N3O3. The van der Waals surface area contributed by atoms with Crippen molar-refractivity contribution < 1.29 is 23.2 Å². The summed E-state index contributed by atoms with van der Waals surface area (Å²) in [5.74, 6) is -2.65. The number of aromatic nitrogens is 1. The van der Waals surface area contributed by atoms with Gasteiger partial charge in [-0.25, -0.2) is 8.78 Å². The van der Waals surface area contributed by atoms with E-state index in [1.165, 1.54) is 16.7 Å². The average molecular weight is 466 g/mol. The SMILES string of the molecule is Cc1c(C(=O)Nc2ccc(F)c(Cl)c2)c(C)n(C)c1C(=O)C(=O)NC1CCC(C)(F)CC1. The Morgan fingerprint density at radius 3 is 2.41 bits per heavy atom. The van der Waals surface area contributed by atoms with Crippen LogP contribution in [0.4, 0.5) is 14.5 Å². The summed E-state index contributed by atoms with van der Waals surface area (Å²) in [6, 6.07) is 3.54. The van der Waals surface area contributed by atoms with E-state index in [9.17, 15) is 23.2 Å². The summed E-state index contributed by atoms with van der Waals surface area (Å²) in [4.78, 5) is 38.4. The van der Waals surface area contributed by atoms with E-state index in [1.807, 2.05) is 0 Å². The van der Waals surface area contributed by atoms with Gasteiger partial charge in [0.25, 0.3) is 17.6 Å². The highest BCUT2D eigenvalue weighted by Crippen LogP contribution is 2.31. The average Bonchev–Trinajstić information content (AvgIpc) is 2.94. The van der Waals surface area contributed by atoms with Gasteiger partial charge in [0.1, 0.15) is 11.5 Å². The Morgan fingerprint density at radius 2 is 1.81 bits per heavy atom. The lowest BCUT2D eigenvalue weighted by molar-refractivity contribution is -0.118. The second-order valence-electron chi connectivity index (χ2n) is 8.57. The van der Waals surface area contributed by atoms with Crippen LogP contribution < -0.4 is 10.6 Å². The summed E-state index contributed by atoms with van der Waals surface area (Å²) >= 11 is 5.77. The first-order valence-electron chi connectivity index (χ1n) is 10.4. The lowest BCUT2D eigenvalue weighted by Crippen LogP contribution is -2.43. The lowest BCUT2D eigenvalue weighted by Gasteiger charge is -2.31. The molecule has 0 aliphatic heterocycles. The zero-order valence-electron chi connectivity index (χ0n) is 18.4. The molecule has 0 spiro atoms. The number of hydrogen-bond acceptors (Lipinski definition) is 3. The minimum absolute atomic E-state index is 0.105. The van der Waals surface area contributed by atoms with E-state index >= 15 is 0 Å². The normalized spacial score (nSPS) is 20.7. The third-order valence-corrected chi connectivity index (χ3v) is 6.41. The number of carbonyl (C=O) groups excluding carboxylic acids is 3. The maximum atomic E-state index is 14.0. The molecule has 6 nitrogen and oxygen atoms in total. The molecule has 0 saturated heterocycles. The summed E-state index contributed by atoms with van der Waals surface area (Å²) in [7, 11) is 1.60.